The van der Waals surface area contributed by atoms with Crippen LogP contribution in [-0.4, -0.2) is 25.3 Å². The zero-order valence-electron chi connectivity index (χ0n) is 12.7. The molecule has 2 rings (SSSR count). The topological polar surface area (TPSA) is 21.3 Å². The van der Waals surface area contributed by atoms with E-state index in [0.29, 0.717) is 12.1 Å². The van der Waals surface area contributed by atoms with Gasteiger partial charge in [-0.25, -0.2) is 0 Å². The predicted octanol–water partition coefficient (Wildman–Crippen LogP) is 3.33. The third-order valence-corrected chi connectivity index (χ3v) is 4.59. The van der Waals surface area contributed by atoms with Crippen LogP contribution in [0.1, 0.15) is 38.3 Å². The van der Waals surface area contributed by atoms with Gasteiger partial charge in [0.1, 0.15) is 0 Å². The molecule has 1 aliphatic rings. The standard InChI is InChI=1S/C17H27NO/c1-5-19-16-12-15(17(16,3)4)18-11-10-14-9-7-6-8-13(14)2/h6-9,15-16,18H,5,10-12H2,1-4H3. The van der Waals surface area contributed by atoms with Crippen molar-refractivity contribution in [1.29, 1.82) is 0 Å². The first-order chi connectivity index (χ1) is 9.05. The van der Waals surface area contributed by atoms with Crippen molar-refractivity contribution in [2.24, 2.45) is 5.41 Å². The molecule has 0 bridgehead atoms. The third-order valence-electron chi connectivity index (χ3n) is 4.59. The molecule has 106 valence electrons. The summed E-state index contributed by atoms with van der Waals surface area (Å²) in [4.78, 5) is 0. The average molecular weight is 261 g/mol. The molecular weight excluding hydrogens is 234 g/mol. The second kappa shape index (κ2) is 6.06. The lowest BCUT2D eigenvalue weighted by atomic mass is 9.64. The Morgan fingerprint density at radius 3 is 2.68 bits per heavy atom. The summed E-state index contributed by atoms with van der Waals surface area (Å²) in [5.74, 6) is 0. The van der Waals surface area contributed by atoms with Crippen molar-refractivity contribution >= 4 is 0 Å². The number of ether oxygens (including phenoxy) is 1. The first kappa shape index (κ1) is 14.5. The highest BCUT2D eigenvalue weighted by Gasteiger charge is 2.48. The average Bonchev–Trinajstić information content (AvgIpc) is 2.39. The lowest BCUT2D eigenvalue weighted by Crippen LogP contribution is -2.61. The van der Waals surface area contributed by atoms with Gasteiger partial charge >= 0.3 is 0 Å². The van der Waals surface area contributed by atoms with Crippen LogP contribution in [0.2, 0.25) is 0 Å². The molecule has 0 spiro atoms. The van der Waals surface area contributed by atoms with Gasteiger partial charge in [0.2, 0.25) is 0 Å². The maximum atomic E-state index is 5.77. The van der Waals surface area contributed by atoms with E-state index < -0.39 is 0 Å². The van der Waals surface area contributed by atoms with Crippen LogP contribution >= 0.6 is 0 Å². The Hall–Kier alpha value is -0.860. The van der Waals surface area contributed by atoms with Gasteiger partial charge in [-0.05, 0) is 44.4 Å². The number of aryl methyl sites for hydroxylation is 1. The highest BCUT2D eigenvalue weighted by Crippen LogP contribution is 2.42. The minimum absolute atomic E-state index is 0.266. The molecule has 0 amide bonds. The Morgan fingerprint density at radius 1 is 1.32 bits per heavy atom. The quantitative estimate of drug-likeness (QED) is 0.848. The van der Waals surface area contributed by atoms with Gasteiger partial charge in [0, 0.05) is 18.1 Å². The third kappa shape index (κ3) is 3.18. The molecular formula is C17H27NO. The second-order valence-corrected chi connectivity index (χ2v) is 6.18. The Morgan fingerprint density at radius 2 is 2.05 bits per heavy atom. The summed E-state index contributed by atoms with van der Waals surface area (Å²) in [5, 5.41) is 3.69. The van der Waals surface area contributed by atoms with Crippen LogP contribution in [-0.2, 0) is 11.2 Å². The summed E-state index contributed by atoms with van der Waals surface area (Å²) >= 11 is 0. The van der Waals surface area contributed by atoms with Gasteiger partial charge in [-0.1, -0.05) is 38.1 Å². The molecule has 2 heteroatoms. The number of hydrogen-bond donors (Lipinski definition) is 1. The van der Waals surface area contributed by atoms with E-state index in [4.69, 9.17) is 4.74 Å². The van der Waals surface area contributed by atoms with E-state index in [1.54, 1.807) is 0 Å². The smallest absolute Gasteiger partial charge is 0.0655 e. The molecule has 0 aromatic heterocycles. The zero-order valence-corrected chi connectivity index (χ0v) is 12.7. The SMILES string of the molecule is CCOC1CC(NCCc2ccccc2C)C1(C)C. The van der Waals surface area contributed by atoms with Crippen molar-refractivity contribution in [3.8, 4) is 0 Å². The van der Waals surface area contributed by atoms with Crippen molar-refractivity contribution < 1.29 is 4.74 Å². The van der Waals surface area contributed by atoms with E-state index in [1.165, 1.54) is 11.1 Å². The van der Waals surface area contributed by atoms with Gasteiger partial charge in [0.25, 0.3) is 0 Å². The number of nitrogens with one attached hydrogen (secondary N) is 1. The van der Waals surface area contributed by atoms with Crippen LogP contribution in [0.5, 0.6) is 0 Å². The summed E-state index contributed by atoms with van der Waals surface area (Å²) in [6.07, 6.45) is 2.68. The fraction of sp³-hybridized carbons (Fsp3) is 0.647. The van der Waals surface area contributed by atoms with Gasteiger partial charge in [-0.3, -0.25) is 0 Å². The molecule has 0 radical (unpaired) electrons. The number of benzene rings is 1. The molecule has 1 N–H and O–H groups in total. The van der Waals surface area contributed by atoms with Crippen LogP contribution < -0.4 is 5.32 Å². The summed E-state index contributed by atoms with van der Waals surface area (Å²) in [6, 6.07) is 9.24. The summed E-state index contributed by atoms with van der Waals surface area (Å²) in [5.41, 5.74) is 3.11. The molecule has 2 nitrogen and oxygen atoms in total. The molecule has 0 heterocycles. The Kier molecular flexibility index (Phi) is 4.64. The van der Waals surface area contributed by atoms with E-state index in [0.717, 1.165) is 26.0 Å². The van der Waals surface area contributed by atoms with Crippen LogP contribution in [0.4, 0.5) is 0 Å². The molecule has 1 saturated carbocycles. The Labute approximate surface area is 117 Å². The first-order valence-corrected chi connectivity index (χ1v) is 7.45. The fourth-order valence-corrected chi connectivity index (χ4v) is 2.99. The van der Waals surface area contributed by atoms with Crippen molar-refractivity contribution in [3.63, 3.8) is 0 Å². The minimum Gasteiger partial charge on any atom is -0.378 e. The maximum Gasteiger partial charge on any atom is 0.0655 e. The van der Waals surface area contributed by atoms with Crippen molar-refractivity contribution in [3.05, 3.63) is 35.4 Å². The normalized spacial score (nSPS) is 25.1. The van der Waals surface area contributed by atoms with Crippen LogP contribution in [0.25, 0.3) is 0 Å². The molecule has 1 fully saturated rings. The molecule has 2 atom stereocenters. The fourth-order valence-electron chi connectivity index (χ4n) is 2.99. The van der Waals surface area contributed by atoms with Crippen LogP contribution in [0.15, 0.2) is 24.3 Å². The molecule has 1 aromatic rings. The van der Waals surface area contributed by atoms with Gasteiger partial charge in [0.05, 0.1) is 6.10 Å². The van der Waals surface area contributed by atoms with Crippen molar-refractivity contribution in [2.45, 2.75) is 52.7 Å². The van der Waals surface area contributed by atoms with E-state index >= 15 is 0 Å². The monoisotopic (exact) mass is 261 g/mol. The largest absolute Gasteiger partial charge is 0.378 e. The highest BCUT2D eigenvalue weighted by molar-refractivity contribution is 5.25. The number of rotatable bonds is 6. The van der Waals surface area contributed by atoms with E-state index in [2.05, 4.69) is 57.3 Å². The van der Waals surface area contributed by atoms with E-state index in [1.807, 2.05) is 0 Å². The first-order valence-electron chi connectivity index (χ1n) is 7.45. The Bertz CT molecular complexity index is 413. The van der Waals surface area contributed by atoms with Crippen molar-refractivity contribution in [2.75, 3.05) is 13.2 Å². The highest BCUT2D eigenvalue weighted by atomic mass is 16.5. The van der Waals surface area contributed by atoms with Gasteiger partial charge < -0.3 is 10.1 Å². The van der Waals surface area contributed by atoms with Crippen LogP contribution in [0.3, 0.4) is 0 Å². The lowest BCUT2D eigenvalue weighted by Gasteiger charge is -2.52. The van der Waals surface area contributed by atoms with Crippen molar-refractivity contribution in [1.82, 2.24) is 5.32 Å². The molecule has 0 saturated heterocycles. The summed E-state index contributed by atoms with van der Waals surface area (Å²) in [6.45, 7) is 10.8. The molecule has 19 heavy (non-hydrogen) atoms. The zero-order chi connectivity index (χ0) is 13.9. The molecule has 1 aromatic carbocycles. The minimum atomic E-state index is 0.266. The van der Waals surface area contributed by atoms with Gasteiger partial charge in [-0.2, -0.15) is 0 Å². The summed E-state index contributed by atoms with van der Waals surface area (Å²) < 4.78 is 5.77. The van der Waals surface area contributed by atoms with Gasteiger partial charge in [-0.15, -0.1) is 0 Å². The predicted molar refractivity (Wildman–Crippen MR) is 80.5 cm³/mol. The van der Waals surface area contributed by atoms with E-state index in [-0.39, 0.29) is 5.41 Å². The van der Waals surface area contributed by atoms with Gasteiger partial charge in [0.15, 0.2) is 0 Å². The summed E-state index contributed by atoms with van der Waals surface area (Å²) in [7, 11) is 0. The molecule has 1 aliphatic carbocycles. The molecule has 0 aliphatic heterocycles. The van der Waals surface area contributed by atoms with Crippen LogP contribution in [0, 0.1) is 12.3 Å². The maximum absolute atomic E-state index is 5.77. The van der Waals surface area contributed by atoms with E-state index in [9.17, 15) is 0 Å². The Balaban J connectivity index is 1.77. The second-order valence-electron chi connectivity index (χ2n) is 6.18. The number of hydrogen-bond acceptors (Lipinski definition) is 2. The molecule has 2 unspecified atom stereocenters. The lowest BCUT2D eigenvalue weighted by molar-refractivity contribution is -0.113.